The summed E-state index contributed by atoms with van der Waals surface area (Å²) in [5, 5.41) is 23.1. The van der Waals surface area contributed by atoms with E-state index in [-0.39, 0.29) is 12.5 Å². The fourth-order valence-corrected chi connectivity index (χ4v) is 8.95. The predicted molar refractivity (Wildman–Crippen MR) is 294 cm³/mol. The molecule has 4 nitrogen and oxygen atoms in total. The van der Waals surface area contributed by atoms with Crippen LogP contribution in [0.2, 0.25) is 0 Å². The molecular formula is C62H115NO3. The monoisotopic (exact) mass is 922 g/mol. The number of allylic oxidation sites excluding steroid dienone is 9. The zero-order valence-electron chi connectivity index (χ0n) is 44.5. The van der Waals surface area contributed by atoms with Gasteiger partial charge in [-0.05, 0) is 77.0 Å². The van der Waals surface area contributed by atoms with Crippen LogP contribution in [-0.4, -0.2) is 34.9 Å². The Hall–Kier alpha value is -1.91. The third-order valence-corrected chi connectivity index (χ3v) is 13.5. The predicted octanol–water partition coefficient (Wildman–Crippen LogP) is 19.6. The van der Waals surface area contributed by atoms with Gasteiger partial charge in [0.05, 0.1) is 18.8 Å². The van der Waals surface area contributed by atoms with Crippen molar-refractivity contribution in [3.63, 3.8) is 0 Å². The van der Waals surface area contributed by atoms with E-state index in [0.29, 0.717) is 6.42 Å². The SMILES string of the molecule is CCCCCCCCCCC/C=C/CC/C=C/CC/C=C/C(O)C(CO)NC(=O)CCCCCCCCCCCCCCCCCCC/C=C\C/C=C\CCCCCCCCCCCCC. The average molecular weight is 923 g/mol. The van der Waals surface area contributed by atoms with Crippen molar-refractivity contribution in [2.24, 2.45) is 0 Å². The topological polar surface area (TPSA) is 69.6 Å². The molecule has 3 N–H and O–H groups in total. The average Bonchev–Trinajstić information content (AvgIpc) is 3.32. The third kappa shape index (κ3) is 53.1. The highest BCUT2D eigenvalue weighted by atomic mass is 16.3. The molecule has 66 heavy (non-hydrogen) atoms. The van der Waals surface area contributed by atoms with E-state index in [4.69, 9.17) is 0 Å². The Morgan fingerprint density at radius 3 is 0.970 bits per heavy atom. The summed E-state index contributed by atoms with van der Waals surface area (Å²) in [6, 6.07) is -0.647. The minimum absolute atomic E-state index is 0.0754. The molecule has 0 saturated carbocycles. The molecule has 0 aliphatic rings. The number of carbonyl (C=O) groups is 1. The maximum Gasteiger partial charge on any atom is 0.220 e. The van der Waals surface area contributed by atoms with E-state index in [1.54, 1.807) is 6.08 Å². The van der Waals surface area contributed by atoms with E-state index in [1.807, 2.05) is 6.08 Å². The van der Waals surface area contributed by atoms with E-state index in [1.165, 1.54) is 244 Å². The van der Waals surface area contributed by atoms with Crippen molar-refractivity contribution < 1.29 is 15.0 Å². The molecule has 0 aromatic carbocycles. The molecule has 0 saturated heterocycles. The van der Waals surface area contributed by atoms with Crippen LogP contribution in [0.5, 0.6) is 0 Å². The van der Waals surface area contributed by atoms with Gasteiger partial charge in [0.2, 0.25) is 5.91 Å². The molecule has 0 rings (SSSR count). The first kappa shape index (κ1) is 64.1. The molecule has 0 aromatic heterocycles. The maximum absolute atomic E-state index is 12.5. The minimum Gasteiger partial charge on any atom is -0.394 e. The van der Waals surface area contributed by atoms with Gasteiger partial charge in [0.1, 0.15) is 0 Å². The van der Waals surface area contributed by atoms with Crippen LogP contribution >= 0.6 is 0 Å². The Labute approximate surface area is 413 Å². The summed E-state index contributed by atoms with van der Waals surface area (Å²) in [7, 11) is 0. The van der Waals surface area contributed by atoms with Crippen molar-refractivity contribution in [2.75, 3.05) is 6.61 Å². The Bertz CT molecular complexity index is 1090. The first-order chi connectivity index (χ1) is 32.7. The largest absolute Gasteiger partial charge is 0.394 e. The number of amides is 1. The van der Waals surface area contributed by atoms with E-state index in [0.717, 1.165) is 44.9 Å². The van der Waals surface area contributed by atoms with E-state index in [2.05, 4.69) is 67.8 Å². The lowest BCUT2D eigenvalue weighted by molar-refractivity contribution is -0.123. The smallest absolute Gasteiger partial charge is 0.220 e. The molecule has 2 atom stereocenters. The number of rotatable bonds is 54. The highest BCUT2D eigenvalue weighted by molar-refractivity contribution is 5.76. The molecule has 0 fully saturated rings. The first-order valence-electron chi connectivity index (χ1n) is 29.5. The van der Waals surface area contributed by atoms with Crippen LogP contribution in [0.15, 0.2) is 60.8 Å². The van der Waals surface area contributed by atoms with Crippen LogP contribution in [0.25, 0.3) is 0 Å². The second-order valence-corrected chi connectivity index (χ2v) is 20.0. The summed E-state index contributed by atoms with van der Waals surface area (Å²) in [6.07, 6.45) is 81.1. The van der Waals surface area contributed by atoms with Gasteiger partial charge in [-0.1, -0.05) is 286 Å². The second kappa shape index (κ2) is 57.4. The van der Waals surface area contributed by atoms with Crippen LogP contribution in [-0.2, 0) is 4.79 Å². The van der Waals surface area contributed by atoms with Gasteiger partial charge in [-0.3, -0.25) is 4.79 Å². The van der Waals surface area contributed by atoms with Crippen molar-refractivity contribution in [3.8, 4) is 0 Å². The van der Waals surface area contributed by atoms with Gasteiger partial charge in [0.25, 0.3) is 0 Å². The summed E-state index contributed by atoms with van der Waals surface area (Å²) in [6.45, 7) is 4.31. The lowest BCUT2D eigenvalue weighted by Gasteiger charge is -2.19. The quantitative estimate of drug-likeness (QED) is 0.0420. The molecule has 0 aliphatic heterocycles. The normalized spacial score (nSPS) is 13.2. The van der Waals surface area contributed by atoms with Crippen molar-refractivity contribution in [2.45, 2.75) is 321 Å². The first-order valence-corrected chi connectivity index (χ1v) is 29.5. The highest BCUT2D eigenvalue weighted by Gasteiger charge is 2.18. The Balaban J connectivity index is 3.50. The van der Waals surface area contributed by atoms with Gasteiger partial charge in [0, 0.05) is 6.42 Å². The Morgan fingerprint density at radius 2 is 0.636 bits per heavy atom. The van der Waals surface area contributed by atoms with Crippen LogP contribution in [0.1, 0.15) is 309 Å². The number of unbranched alkanes of at least 4 members (excludes halogenated alkanes) is 39. The van der Waals surface area contributed by atoms with Gasteiger partial charge in [0.15, 0.2) is 0 Å². The molecular weight excluding hydrogens is 807 g/mol. The van der Waals surface area contributed by atoms with Crippen molar-refractivity contribution in [3.05, 3.63) is 60.8 Å². The van der Waals surface area contributed by atoms with E-state index < -0.39 is 12.1 Å². The fraction of sp³-hybridized carbons (Fsp3) is 0.823. The van der Waals surface area contributed by atoms with E-state index >= 15 is 0 Å². The Kier molecular flexibility index (Phi) is 55.7. The third-order valence-electron chi connectivity index (χ3n) is 13.5. The summed E-state index contributed by atoms with van der Waals surface area (Å²) in [5.41, 5.74) is 0. The summed E-state index contributed by atoms with van der Waals surface area (Å²) in [4.78, 5) is 12.5. The molecule has 2 unspecified atom stereocenters. The van der Waals surface area contributed by atoms with Gasteiger partial charge in [-0.15, -0.1) is 0 Å². The number of aliphatic hydroxyl groups is 2. The molecule has 0 bridgehead atoms. The van der Waals surface area contributed by atoms with Gasteiger partial charge < -0.3 is 15.5 Å². The number of carbonyl (C=O) groups excluding carboxylic acids is 1. The van der Waals surface area contributed by atoms with Crippen LogP contribution < -0.4 is 5.32 Å². The summed E-state index contributed by atoms with van der Waals surface area (Å²) < 4.78 is 0. The summed E-state index contributed by atoms with van der Waals surface area (Å²) in [5.74, 6) is -0.0754. The zero-order valence-corrected chi connectivity index (χ0v) is 44.5. The van der Waals surface area contributed by atoms with Crippen molar-refractivity contribution in [1.82, 2.24) is 5.32 Å². The molecule has 0 radical (unpaired) electrons. The minimum atomic E-state index is -0.872. The Morgan fingerprint density at radius 1 is 0.364 bits per heavy atom. The number of hydrogen-bond donors (Lipinski definition) is 3. The molecule has 0 aliphatic carbocycles. The fourth-order valence-electron chi connectivity index (χ4n) is 8.95. The van der Waals surface area contributed by atoms with Gasteiger partial charge >= 0.3 is 0 Å². The molecule has 0 spiro atoms. The van der Waals surface area contributed by atoms with Gasteiger partial charge in [-0.25, -0.2) is 0 Å². The molecule has 4 heteroatoms. The summed E-state index contributed by atoms with van der Waals surface area (Å²) >= 11 is 0. The van der Waals surface area contributed by atoms with Crippen LogP contribution in [0.4, 0.5) is 0 Å². The number of nitrogens with one attached hydrogen (secondary N) is 1. The maximum atomic E-state index is 12.5. The van der Waals surface area contributed by atoms with Crippen molar-refractivity contribution in [1.29, 1.82) is 0 Å². The molecule has 0 aromatic rings. The van der Waals surface area contributed by atoms with Gasteiger partial charge in [-0.2, -0.15) is 0 Å². The lowest BCUT2D eigenvalue weighted by Crippen LogP contribution is -2.45. The van der Waals surface area contributed by atoms with Crippen molar-refractivity contribution >= 4 is 5.91 Å². The number of aliphatic hydroxyl groups excluding tert-OH is 2. The molecule has 386 valence electrons. The lowest BCUT2D eigenvalue weighted by atomic mass is 10.0. The standard InChI is InChI=1S/C62H115NO3/c1-3-5-7-9-11-13-15-17-19-21-23-24-25-26-27-28-29-30-31-32-33-34-35-36-37-38-40-42-44-46-48-50-52-54-56-58-62(66)63-60(59-64)61(65)57-55-53-51-49-47-45-43-41-39-22-20-18-16-14-12-10-8-6-4-2/h25-26,28-29,39,41,47,49,55,57,60-61,64-65H,3-24,27,30-38,40,42-46,48,50-54,56,58-59H2,1-2H3,(H,63,66)/b26-25-,29-28-,41-39+,49-47+,57-55+. The molecule has 1 amide bonds. The zero-order chi connectivity index (χ0) is 47.7. The number of hydrogen-bond acceptors (Lipinski definition) is 3. The highest BCUT2D eigenvalue weighted by Crippen LogP contribution is 2.16. The van der Waals surface area contributed by atoms with E-state index in [9.17, 15) is 15.0 Å². The molecule has 0 heterocycles. The second-order valence-electron chi connectivity index (χ2n) is 20.0. The van der Waals surface area contributed by atoms with Crippen LogP contribution in [0.3, 0.4) is 0 Å². The van der Waals surface area contributed by atoms with Crippen LogP contribution in [0, 0.1) is 0 Å².